The van der Waals surface area contributed by atoms with Gasteiger partial charge in [0.1, 0.15) is 0 Å². The molecular formula is C26H26ClKN4O4S. The number of sulfonamides is 1. The summed E-state index contributed by atoms with van der Waals surface area (Å²) < 4.78 is 40.5. The molecule has 0 unspecified atom stereocenters. The quantitative estimate of drug-likeness (QED) is 0.271. The van der Waals surface area contributed by atoms with Gasteiger partial charge in [0.15, 0.2) is 28.3 Å². The zero-order valence-corrected chi connectivity index (χ0v) is 25.9. The second-order valence-corrected chi connectivity index (χ2v) is 10.9. The van der Waals surface area contributed by atoms with Crippen molar-refractivity contribution in [2.45, 2.75) is 31.1 Å². The van der Waals surface area contributed by atoms with Crippen LogP contribution in [-0.2, 0) is 15.4 Å². The van der Waals surface area contributed by atoms with E-state index in [0.29, 0.717) is 17.1 Å². The fraction of sp³-hybridized carbons (Fsp3) is 0.192. The van der Waals surface area contributed by atoms with Crippen molar-refractivity contribution < 1.29 is 70.7 Å². The zero-order chi connectivity index (χ0) is 25.9. The Kier molecular flexibility index (Phi) is 9.73. The number of methoxy groups -OCH3 is 1. The number of hydrogen-bond donors (Lipinski definition) is 1. The minimum Gasteiger partial charge on any atom is -1.00 e. The molecule has 0 saturated carbocycles. The number of hydrogen-bond acceptors (Lipinski definition) is 7. The Bertz CT molecular complexity index is 1490. The summed E-state index contributed by atoms with van der Waals surface area (Å²) in [6.45, 7) is 6.17. The third kappa shape index (κ3) is 7.08. The van der Waals surface area contributed by atoms with E-state index in [-0.39, 0.29) is 85.7 Å². The molecule has 0 radical (unpaired) electrons. The first-order valence-electron chi connectivity index (χ1n) is 11.0. The Morgan fingerprint density at radius 1 is 0.919 bits per heavy atom. The van der Waals surface area contributed by atoms with Crippen LogP contribution in [0.5, 0.6) is 17.2 Å². The third-order valence-corrected chi connectivity index (χ3v) is 6.92. The SMILES string of the molecule is COc1ccccc1Oc1c(Cl)nc(-c2ccncc2)nc1NS(=O)(=O)c1ccc(C(C)(C)C)cc1.[H-].[K+]. The summed E-state index contributed by atoms with van der Waals surface area (Å²) in [5.74, 6) is 0.771. The smallest absolute Gasteiger partial charge is 1.00 e. The summed E-state index contributed by atoms with van der Waals surface area (Å²) in [4.78, 5) is 12.8. The van der Waals surface area contributed by atoms with Gasteiger partial charge in [-0.1, -0.05) is 56.6 Å². The average Bonchev–Trinajstić information content (AvgIpc) is 2.86. The molecule has 8 nitrogen and oxygen atoms in total. The van der Waals surface area contributed by atoms with Gasteiger partial charge in [-0.3, -0.25) is 9.71 Å². The molecule has 4 aromatic rings. The van der Waals surface area contributed by atoms with Crippen LogP contribution in [0.2, 0.25) is 5.15 Å². The predicted molar refractivity (Wildman–Crippen MR) is 140 cm³/mol. The van der Waals surface area contributed by atoms with Crippen molar-refractivity contribution >= 4 is 27.4 Å². The number of nitrogens with zero attached hydrogens (tertiary/aromatic N) is 3. The Hall–Kier alpha value is -2.05. The van der Waals surface area contributed by atoms with Crippen molar-refractivity contribution in [3.8, 4) is 28.6 Å². The number of ether oxygens (including phenoxy) is 2. The molecule has 11 heteroatoms. The van der Waals surface area contributed by atoms with Gasteiger partial charge in [0.05, 0.1) is 12.0 Å². The van der Waals surface area contributed by atoms with Crippen LogP contribution in [0.15, 0.2) is 78.0 Å². The van der Waals surface area contributed by atoms with Gasteiger partial charge in [0.25, 0.3) is 10.0 Å². The molecule has 0 atom stereocenters. The number of nitrogens with one attached hydrogen (secondary N) is 1. The summed E-state index contributed by atoms with van der Waals surface area (Å²) in [6.07, 6.45) is 3.15. The van der Waals surface area contributed by atoms with E-state index >= 15 is 0 Å². The molecular weight excluding hydrogens is 539 g/mol. The van der Waals surface area contributed by atoms with E-state index in [2.05, 4.69) is 40.4 Å². The van der Waals surface area contributed by atoms with E-state index < -0.39 is 10.0 Å². The maximum Gasteiger partial charge on any atom is 1.00 e. The fourth-order valence-electron chi connectivity index (χ4n) is 3.35. The molecule has 0 bridgehead atoms. The van der Waals surface area contributed by atoms with Crippen molar-refractivity contribution in [2.75, 3.05) is 11.8 Å². The van der Waals surface area contributed by atoms with E-state index in [1.54, 1.807) is 73.1 Å². The molecule has 2 aromatic heterocycles. The van der Waals surface area contributed by atoms with Crippen LogP contribution in [-0.4, -0.2) is 30.5 Å². The fourth-order valence-corrected chi connectivity index (χ4v) is 4.56. The van der Waals surface area contributed by atoms with E-state index in [1.165, 1.54) is 7.11 Å². The number of halogens is 1. The summed E-state index contributed by atoms with van der Waals surface area (Å²) in [6, 6.07) is 17.0. The van der Waals surface area contributed by atoms with Gasteiger partial charge in [-0.15, -0.1) is 0 Å². The second kappa shape index (κ2) is 12.2. The van der Waals surface area contributed by atoms with Gasteiger partial charge in [-0.05, 0) is 47.4 Å². The van der Waals surface area contributed by atoms with Crippen LogP contribution in [0, 0.1) is 0 Å². The van der Waals surface area contributed by atoms with E-state index in [4.69, 9.17) is 21.1 Å². The van der Waals surface area contributed by atoms with Gasteiger partial charge in [0.2, 0.25) is 5.75 Å². The van der Waals surface area contributed by atoms with Crippen LogP contribution < -0.4 is 65.6 Å². The summed E-state index contributed by atoms with van der Waals surface area (Å²) >= 11 is 6.51. The Morgan fingerprint density at radius 2 is 1.54 bits per heavy atom. The van der Waals surface area contributed by atoms with Gasteiger partial charge >= 0.3 is 51.4 Å². The van der Waals surface area contributed by atoms with Gasteiger partial charge in [-0.2, -0.15) is 0 Å². The third-order valence-electron chi connectivity index (χ3n) is 5.31. The van der Waals surface area contributed by atoms with Crippen molar-refractivity contribution in [3.05, 3.63) is 83.8 Å². The zero-order valence-electron chi connectivity index (χ0n) is 22.2. The summed E-state index contributed by atoms with van der Waals surface area (Å²) in [5, 5.41) is -0.0801. The normalized spacial score (nSPS) is 11.4. The van der Waals surface area contributed by atoms with Gasteiger partial charge in [-0.25, -0.2) is 18.4 Å². The molecule has 0 aliphatic rings. The van der Waals surface area contributed by atoms with Crippen LogP contribution in [0.3, 0.4) is 0 Å². The summed E-state index contributed by atoms with van der Waals surface area (Å²) in [7, 11) is -2.55. The number of aromatic nitrogens is 3. The van der Waals surface area contributed by atoms with Gasteiger partial charge < -0.3 is 10.9 Å². The minimum atomic E-state index is -4.04. The molecule has 0 fully saturated rings. The molecule has 188 valence electrons. The molecule has 4 rings (SSSR count). The number of pyridine rings is 1. The predicted octanol–water partition coefficient (Wildman–Crippen LogP) is 3.21. The molecule has 0 amide bonds. The number of para-hydroxylation sites is 2. The topological polar surface area (TPSA) is 103 Å². The molecule has 0 spiro atoms. The molecule has 0 saturated heterocycles. The summed E-state index contributed by atoms with van der Waals surface area (Å²) in [5.41, 5.74) is 1.49. The van der Waals surface area contributed by atoms with Crippen molar-refractivity contribution in [1.29, 1.82) is 0 Å². The van der Waals surface area contributed by atoms with Crippen LogP contribution in [0.4, 0.5) is 5.82 Å². The molecule has 2 heterocycles. The monoisotopic (exact) mass is 564 g/mol. The number of benzene rings is 2. The minimum absolute atomic E-state index is 0. The largest absolute Gasteiger partial charge is 1.00 e. The van der Waals surface area contributed by atoms with E-state index in [1.807, 2.05) is 0 Å². The average molecular weight is 565 g/mol. The Balaban J connectivity index is 0.00000253. The van der Waals surface area contributed by atoms with E-state index in [9.17, 15) is 8.42 Å². The Morgan fingerprint density at radius 3 is 2.14 bits per heavy atom. The number of rotatable bonds is 7. The van der Waals surface area contributed by atoms with Crippen LogP contribution in [0.1, 0.15) is 27.8 Å². The molecule has 0 aliphatic carbocycles. The first-order valence-corrected chi connectivity index (χ1v) is 12.9. The van der Waals surface area contributed by atoms with Crippen molar-refractivity contribution in [3.63, 3.8) is 0 Å². The van der Waals surface area contributed by atoms with Gasteiger partial charge in [0, 0.05) is 18.0 Å². The molecule has 2 aromatic carbocycles. The molecule has 1 N–H and O–H groups in total. The standard InChI is InChI=1S/C26H25ClN4O4S.K.H/c1-26(2,3)18-9-11-19(12-10-18)36(32,33)31-25-22(35-21-8-6-5-7-20(21)34-4)23(27)29-24(30-25)17-13-15-28-16-14-17;;/h5-16H,1-4H3,(H,29,30,31);;/q;+1;-1. The maximum atomic E-state index is 13.3. The van der Waals surface area contributed by atoms with E-state index in [0.717, 1.165) is 5.56 Å². The first kappa shape index (κ1) is 29.5. The maximum absolute atomic E-state index is 13.3. The molecule has 0 aliphatic heterocycles. The van der Waals surface area contributed by atoms with Crippen molar-refractivity contribution in [1.82, 2.24) is 15.0 Å². The molecule has 37 heavy (non-hydrogen) atoms. The van der Waals surface area contributed by atoms with Crippen molar-refractivity contribution in [2.24, 2.45) is 0 Å². The number of anilines is 1. The second-order valence-electron chi connectivity index (χ2n) is 8.88. The Labute approximate surface area is 265 Å². The van der Waals surface area contributed by atoms with Crippen LogP contribution >= 0.6 is 11.6 Å². The first-order chi connectivity index (χ1) is 17.1. The van der Waals surface area contributed by atoms with Crippen LogP contribution in [0.25, 0.3) is 11.4 Å².